The van der Waals surface area contributed by atoms with Crippen LogP contribution in [0, 0.1) is 11.8 Å². The van der Waals surface area contributed by atoms with Crippen molar-refractivity contribution in [1.82, 2.24) is 9.80 Å². The number of Topliss-reactive ketones (excluding diaryl/α,β-unsaturated/α-hetero) is 1. The molecule has 1 aromatic rings. The van der Waals surface area contributed by atoms with Crippen LogP contribution in [0.1, 0.15) is 5.56 Å². The number of rotatable bonds is 2. The zero-order valence-corrected chi connectivity index (χ0v) is 13.2. The number of benzene rings is 1. The van der Waals surface area contributed by atoms with E-state index in [9.17, 15) is 4.79 Å². The highest BCUT2D eigenvalue weighted by Gasteiger charge is 2.44. The van der Waals surface area contributed by atoms with E-state index in [-0.39, 0.29) is 11.8 Å². The first-order chi connectivity index (χ1) is 10.7. The minimum absolute atomic E-state index is 0.0113. The molecule has 2 saturated heterocycles. The van der Waals surface area contributed by atoms with E-state index in [0.29, 0.717) is 5.78 Å². The number of allylic oxidation sites excluding steroid dienone is 2. The number of carbonyl (C=O) groups excluding carboxylic acids is 1. The molecule has 1 aromatic carbocycles. The smallest absolute Gasteiger partial charge is 0.149 e. The summed E-state index contributed by atoms with van der Waals surface area (Å²) in [5, 5.41) is 0.859. The third kappa shape index (κ3) is 2.49. The summed E-state index contributed by atoms with van der Waals surface area (Å²) in [5.74, 6) is 0.539. The molecule has 3 aliphatic rings. The van der Waals surface area contributed by atoms with Gasteiger partial charge in [0.1, 0.15) is 5.78 Å². The Morgan fingerprint density at radius 1 is 1.09 bits per heavy atom. The van der Waals surface area contributed by atoms with Crippen molar-refractivity contribution < 1.29 is 4.79 Å². The van der Waals surface area contributed by atoms with Gasteiger partial charge >= 0.3 is 0 Å². The fourth-order valence-electron chi connectivity index (χ4n) is 3.85. The second-order valence-electron chi connectivity index (χ2n) is 6.42. The number of carbonyl (C=O) groups is 1. The number of likely N-dealkylation sites (tertiary alicyclic amines) is 1. The number of halogens is 1. The highest BCUT2D eigenvalue weighted by Crippen LogP contribution is 2.36. The first-order valence-electron chi connectivity index (χ1n) is 7.82. The molecule has 22 heavy (non-hydrogen) atoms. The topological polar surface area (TPSA) is 23.6 Å². The Kier molecular flexibility index (Phi) is 3.55. The Morgan fingerprint density at radius 2 is 1.91 bits per heavy atom. The zero-order valence-electron chi connectivity index (χ0n) is 12.4. The van der Waals surface area contributed by atoms with Crippen LogP contribution < -0.4 is 0 Å². The van der Waals surface area contributed by atoms with Crippen LogP contribution in [0.5, 0.6) is 0 Å². The number of hydrogen-bond acceptors (Lipinski definition) is 3. The molecule has 2 unspecified atom stereocenters. The Hall–Kier alpha value is -1.58. The fraction of sp³-hybridized carbons (Fsp3) is 0.389. The Morgan fingerprint density at radius 3 is 2.73 bits per heavy atom. The summed E-state index contributed by atoms with van der Waals surface area (Å²) in [7, 11) is 0. The SMILES string of the molecule is O=C1C2CN(Cc3ccccc3)CC1C1=CC=C(Cl)CN1C2. The van der Waals surface area contributed by atoms with Crippen molar-refractivity contribution >= 4 is 17.4 Å². The van der Waals surface area contributed by atoms with Crippen LogP contribution in [0.3, 0.4) is 0 Å². The molecule has 0 aromatic heterocycles. The van der Waals surface area contributed by atoms with Gasteiger partial charge in [-0.05, 0) is 17.7 Å². The zero-order chi connectivity index (χ0) is 15.1. The van der Waals surface area contributed by atoms with E-state index in [1.165, 1.54) is 5.56 Å². The molecule has 0 spiro atoms. The first kappa shape index (κ1) is 14.0. The average molecular weight is 315 g/mol. The second-order valence-corrected chi connectivity index (χ2v) is 6.90. The minimum atomic E-state index is 0.0113. The van der Waals surface area contributed by atoms with Crippen molar-refractivity contribution in [2.24, 2.45) is 11.8 Å². The minimum Gasteiger partial charge on any atom is -0.368 e. The molecule has 2 fully saturated rings. The van der Waals surface area contributed by atoms with E-state index in [1.54, 1.807) is 0 Å². The summed E-state index contributed by atoms with van der Waals surface area (Å²) < 4.78 is 0. The average Bonchev–Trinajstić information content (AvgIpc) is 2.50. The number of hydrogen-bond donors (Lipinski definition) is 0. The van der Waals surface area contributed by atoms with Crippen LogP contribution in [0.2, 0.25) is 0 Å². The fourth-order valence-corrected chi connectivity index (χ4v) is 4.05. The lowest BCUT2D eigenvalue weighted by molar-refractivity contribution is -0.134. The highest BCUT2D eigenvalue weighted by atomic mass is 35.5. The summed E-state index contributed by atoms with van der Waals surface area (Å²) in [6.07, 6.45) is 3.98. The summed E-state index contributed by atoms with van der Waals surface area (Å²) in [6, 6.07) is 10.5. The third-order valence-corrected chi connectivity index (χ3v) is 5.10. The van der Waals surface area contributed by atoms with Gasteiger partial charge in [-0.2, -0.15) is 0 Å². The standard InChI is InChI=1S/C18H19ClN2O/c19-15-6-7-17-16-12-20(8-13-4-2-1-3-5-13)9-14(18(16)22)10-21(17)11-15/h1-7,14,16H,8-12H2. The van der Waals surface area contributed by atoms with Crippen molar-refractivity contribution in [2.75, 3.05) is 26.2 Å². The van der Waals surface area contributed by atoms with Crippen LogP contribution in [0.25, 0.3) is 0 Å². The third-order valence-electron chi connectivity index (χ3n) is 4.85. The van der Waals surface area contributed by atoms with Crippen molar-refractivity contribution in [2.45, 2.75) is 6.54 Å². The van der Waals surface area contributed by atoms with E-state index in [0.717, 1.165) is 43.5 Å². The molecule has 3 heterocycles. The lowest BCUT2D eigenvalue weighted by atomic mass is 9.80. The van der Waals surface area contributed by atoms with Gasteiger partial charge in [0.2, 0.25) is 0 Å². The van der Waals surface area contributed by atoms with Crippen molar-refractivity contribution in [3.05, 3.63) is 58.8 Å². The van der Waals surface area contributed by atoms with Gasteiger partial charge in [-0.1, -0.05) is 41.9 Å². The maximum absolute atomic E-state index is 12.6. The Bertz CT molecular complexity index is 652. The van der Waals surface area contributed by atoms with E-state index < -0.39 is 0 Å². The van der Waals surface area contributed by atoms with Gasteiger partial charge in [-0.3, -0.25) is 9.69 Å². The monoisotopic (exact) mass is 314 g/mol. The molecule has 2 bridgehead atoms. The van der Waals surface area contributed by atoms with Crippen LogP contribution in [-0.2, 0) is 11.3 Å². The number of piperidine rings is 2. The maximum Gasteiger partial charge on any atom is 0.149 e. The highest BCUT2D eigenvalue weighted by molar-refractivity contribution is 6.30. The van der Waals surface area contributed by atoms with Crippen LogP contribution in [0.4, 0.5) is 0 Å². The van der Waals surface area contributed by atoms with Crippen molar-refractivity contribution in [3.8, 4) is 0 Å². The summed E-state index contributed by atoms with van der Waals surface area (Å²) in [6.45, 7) is 4.15. The lowest BCUT2D eigenvalue weighted by Gasteiger charge is -2.47. The van der Waals surface area contributed by atoms with Crippen molar-refractivity contribution in [1.29, 1.82) is 0 Å². The largest absolute Gasteiger partial charge is 0.368 e. The van der Waals surface area contributed by atoms with Gasteiger partial charge in [0.15, 0.2) is 0 Å². The van der Waals surface area contributed by atoms with Gasteiger partial charge < -0.3 is 4.90 Å². The molecule has 0 radical (unpaired) electrons. The van der Waals surface area contributed by atoms with Gasteiger partial charge in [0.05, 0.1) is 12.5 Å². The van der Waals surface area contributed by atoms with Crippen LogP contribution >= 0.6 is 11.6 Å². The molecular formula is C18H19ClN2O. The molecule has 0 amide bonds. The van der Waals surface area contributed by atoms with Gasteiger partial charge in [0, 0.05) is 42.8 Å². The van der Waals surface area contributed by atoms with Crippen molar-refractivity contribution in [3.63, 3.8) is 0 Å². The summed E-state index contributed by atoms with van der Waals surface area (Å²) >= 11 is 6.15. The summed E-state index contributed by atoms with van der Waals surface area (Å²) in [4.78, 5) is 17.3. The van der Waals surface area contributed by atoms with Gasteiger partial charge in [0.25, 0.3) is 0 Å². The molecule has 0 N–H and O–H groups in total. The molecular weight excluding hydrogens is 296 g/mol. The molecule has 114 valence electrons. The molecule has 3 nitrogen and oxygen atoms in total. The quantitative estimate of drug-likeness (QED) is 0.838. The molecule has 3 aliphatic heterocycles. The first-order valence-corrected chi connectivity index (χ1v) is 8.20. The molecule has 0 saturated carbocycles. The number of nitrogens with zero attached hydrogens (tertiary/aromatic N) is 2. The predicted molar refractivity (Wildman–Crippen MR) is 87.3 cm³/mol. The van der Waals surface area contributed by atoms with Crippen LogP contribution in [0.15, 0.2) is 53.2 Å². The normalized spacial score (nSPS) is 28.0. The molecule has 2 atom stereocenters. The second kappa shape index (κ2) is 5.56. The van der Waals surface area contributed by atoms with E-state index in [1.807, 2.05) is 18.2 Å². The maximum atomic E-state index is 12.6. The molecule has 4 heteroatoms. The van der Waals surface area contributed by atoms with E-state index in [4.69, 9.17) is 11.6 Å². The molecule has 0 aliphatic carbocycles. The predicted octanol–water partition coefficient (Wildman–Crippen LogP) is 2.64. The Balaban J connectivity index is 1.56. The molecule has 4 rings (SSSR count). The number of fused-ring (bicyclic) bond motifs is 4. The summed E-state index contributed by atoms with van der Waals surface area (Å²) in [5.41, 5.74) is 2.47. The Labute approximate surface area is 135 Å². The van der Waals surface area contributed by atoms with E-state index >= 15 is 0 Å². The van der Waals surface area contributed by atoms with Gasteiger partial charge in [-0.25, -0.2) is 0 Å². The number of ketones is 1. The van der Waals surface area contributed by atoms with E-state index in [2.05, 4.69) is 34.1 Å². The lowest BCUT2D eigenvalue weighted by Crippen LogP contribution is -2.57. The van der Waals surface area contributed by atoms with Gasteiger partial charge in [-0.15, -0.1) is 0 Å². The van der Waals surface area contributed by atoms with Crippen LogP contribution in [-0.4, -0.2) is 41.8 Å².